The van der Waals surface area contributed by atoms with Gasteiger partial charge in [0, 0.05) is 37.4 Å². The molecule has 8 heteroatoms. The molecule has 2 rings (SSSR count). The Labute approximate surface area is 133 Å². The predicted molar refractivity (Wildman–Crippen MR) is 84.7 cm³/mol. The molecule has 1 unspecified atom stereocenters. The quantitative estimate of drug-likeness (QED) is 0.815. The summed E-state index contributed by atoms with van der Waals surface area (Å²) in [6.45, 7) is 1.07. The van der Waals surface area contributed by atoms with Crippen molar-refractivity contribution >= 4 is 31.8 Å². The highest BCUT2D eigenvalue weighted by Gasteiger charge is 2.32. The molecule has 0 radical (unpaired) electrons. The van der Waals surface area contributed by atoms with Crippen molar-refractivity contribution in [1.82, 2.24) is 9.29 Å². The highest BCUT2D eigenvalue weighted by atomic mass is 79.9. The van der Waals surface area contributed by atoms with E-state index >= 15 is 0 Å². The molecule has 1 atom stereocenters. The zero-order chi connectivity index (χ0) is 15.5. The smallest absolute Gasteiger partial charge is 0.246 e. The van der Waals surface area contributed by atoms with Crippen LogP contribution in [0.5, 0.6) is 0 Å². The number of aliphatic hydroxyl groups excluding tert-OH is 1. The molecule has 0 aromatic carbocycles. The number of halogens is 1. The van der Waals surface area contributed by atoms with Gasteiger partial charge in [0.15, 0.2) is 0 Å². The summed E-state index contributed by atoms with van der Waals surface area (Å²) in [7, 11) is -1.93. The van der Waals surface area contributed by atoms with E-state index in [0.29, 0.717) is 29.8 Å². The van der Waals surface area contributed by atoms with Crippen molar-refractivity contribution in [2.24, 2.45) is 5.92 Å². The molecule has 21 heavy (non-hydrogen) atoms. The van der Waals surface area contributed by atoms with Crippen molar-refractivity contribution in [2.75, 3.05) is 32.1 Å². The van der Waals surface area contributed by atoms with Crippen LogP contribution in [0.15, 0.2) is 21.6 Å². The number of hydrogen-bond acceptors (Lipinski definition) is 5. The number of piperidine rings is 1. The molecule has 1 aromatic rings. The third-order valence-electron chi connectivity index (χ3n) is 3.69. The minimum Gasteiger partial charge on any atom is -0.396 e. The third-order valence-corrected chi connectivity index (χ3v) is 6.01. The van der Waals surface area contributed by atoms with E-state index in [1.165, 1.54) is 4.31 Å². The number of anilines is 1. The molecule has 1 aliphatic heterocycles. The molecule has 0 saturated carbocycles. The average Bonchev–Trinajstić information content (AvgIpc) is 2.48. The van der Waals surface area contributed by atoms with E-state index in [9.17, 15) is 8.42 Å². The molecule has 2 N–H and O–H groups in total. The van der Waals surface area contributed by atoms with Crippen molar-refractivity contribution in [3.63, 3.8) is 0 Å². The lowest BCUT2D eigenvalue weighted by molar-refractivity contribution is 0.203. The first-order valence-corrected chi connectivity index (χ1v) is 9.16. The molecular weight excluding hydrogens is 358 g/mol. The summed E-state index contributed by atoms with van der Waals surface area (Å²) in [6, 6.07) is 1.57. The standard InChI is InChI=1S/C13H20BrN3O3S/c1-15-13-12(7-11(14)8-16-13)21(19,20)17-5-2-3-10(9-17)4-6-18/h7-8,10,18H,2-6,9H2,1H3,(H,15,16). The average molecular weight is 378 g/mol. The van der Waals surface area contributed by atoms with Gasteiger partial charge in [-0.05, 0) is 47.2 Å². The number of nitrogens with one attached hydrogen (secondary N) is 1. The number of sulfonamides is 1. The van der Waals surface area contributed by atoms with E-state index in [0.717, 1.165) is 12.8 Å². The summed E-state index contributed by atoms with van der Waals surface area (Å²) in [5, 5.41) is 11.9. The van der Waals surface area contributed by atoms with Crippen molar-refractivity contribution in [1.29, 1.82) is 0 Å². The lowest BCUT2D eigenvalue weighted by Gasteiger charge is -2.32. The molecule has 0 bridgehead atoms. The van der Waals surface area contributed by atoms with Crippen LogP contribution in [0.25, 0.3) is 0 Å². The van der Waals surface area contributed by atoms with Crippen LogP contribution in [0, 0.1) is 5.92 Å². The molecule has 1 aliphatic rings. The Morgan fingerprint density at radius 2 is 2.33 bits per heavy atom. The molecule has 0 amide bonds. The van der Waals surface area contributed by atoms with Crippen molar-refractivity contribution < 1.29 is 13.5 Å². The van der Waals surface area contributed by atoms with Crippen LogP contribution < -0.4 is 5.32 Å². The molecule has 0 aliphatic carbocycles. The lowest BCUT2D eigenvalue weighted by atomic mass is 9.97. The monoisotopic (exact) mass is 377 g/mol. The van der Waals surface area contributed by atoms with Crippen molar-refractivity contribution in [3.05, 3.63) is 16.7 Å². The number of nitrogens with zero attached hydrogens (tertiary/aromatic N) is 2. The fraction of sp³-hybridized carbons (Fsp3) is 0.615. The Kier molecular flexibility index (Phi) is 5.59. The number of rotatable bonds is 5. The first-order chi connectivity index (χ1) is 9.98. The minimum absolute atomic E-state index is 0.0960. The normalized spacial score (nSPS) is 20.4. The van der Waals surface area contributed by atoms with Gasteiger partial charge in [-0.25, -0.2) is 13.4 Å². The van der Waals surface area contributed by atoms with Crippen LogP contribution in [0.4, 0.5) is 5.82 Å². The summed E-state index contributed by atoms with van der Waals surface area (Å²) < 4.78 is 27.8. The molecule has 118 valence electrons. The highest BCUT2D eigenvalue weighted by molar-refractivity contribution is 9.10. The highest BCUT2D eigenvalue weighted by Crippen LogP contribution is 2.29. The maximum absolute atomic E-state index is 12.8. The summed E-state index contributed by atoms with van der Waals surface area (Å²) in [6.07, 6.45) is 3.99. The number of pyridine rings is 1. The molecule has 1 fully saturated rings. The Balaban J connectivity index is 2.31. The second-order valence-corrected chi connectivity index (χ2v) is 7.96. The van der Waals surface area contributed by atoms with Crippen LogP contribution in [0.2, 0.25) is 0 Å². The molecule has 2 heterocycles. The second kappa shape index (κ2) is 7.04. The lowest BCUT2D eigenvalue weighted by Crippen LogP contribution is -2.40. The Morgan fingerprint density at radius 3 is 3.00 bits per heavy atom. The van der Waals surface area contributed by atoms with E-state index in [1.807, 2.05) is 0 Å². The van der Waals surface area contributed by atoms with Crippen LogP contribution in [-0.2, 0) is 10.0 Å². The van der Waals surface area contributed by atoms with Crippen LogP contribution in [0.1, 0.15) is 19.3 Å². The maximum atomic E-state index is 12.8. The van der Waals surface area contributed by atoms with E-state index < -0.39 is 10.0 Å². The van der Waals surface area contributed by atoms with E-state index in [4.69, 9.17) is 5.11 Å². The topological polar surface area (TPSA) is 82.5 Å². The van der Waals surface area contributed by atoms with Gasteiger partial charge in [0.05, 0.1) is 0 Å². The molecule has 6 nitrogen and oxygen atoms in total. The van der Waals surface area contributed by atoms with Crippen molar-refractivity contribution in [3.8, 4) is 0 Å². The maximum Gasteiger partial charge on any atom is 0.246 e. The van der Waals surface area contributed by atoms with Crippen LogP contribution in [0.3, 0.4) is 0 Å². The van der Waals surface area contributed by atoms with Gasteiger partial charge < -0.3 is 10.4 Å². The SMILES string of the molecule is CNc1ncc(Br)cc1S(=O)(=O)N1CCCC(CCO)C1. The Hall–Kier alpha value is -0.700. The number of aromatic nitrogens is 1. The van der Waals surface area contributed by atoms with E-state index in [2.05, 4.69) is 26.2 Å². The summed E-state index contributed by atoms with van der Waals surface area (Å²) in [5.74, 6) is 0.569. The molecule has 1 saturated heterocycles. The number of hydrogen-bond donors (Lipinski definition) is 2. The fourth-order valence-electron chi connectivity index (χ4n) is 2.61. The van der Waals surface area contributed by atoms with E-state index in [1.54, 1.807) is 19.3 Å². The zero-order valence-electron chi connectivity index (χ0n) is 11.9. The fourth-order valence-corrected chi connectivity index (χ4v) is 4.82. The molecule has 0 spiro atoms. The summed E-state index contributed by atoms with van der Waals surface area (Å²) in [5.41, 5.74) is 0. The Morgan fingerprint density at radius 1 is 1.57 bits per heavy atom. The van der Waals surface area contributed by atoms with Gasteiger partial charge in [-0.3, -0.25) is 0 Å². The van der Waals surface area contributed by atoms with Gasteiger partial charge in [-0.15, -0.1) is 0 Å². The van der Waals surface area contributed by atoms with Gasteiger partial charge in [0.25, 0.3) is 0 Å². The summed E-state index contributed by atoms with van der Waals surface area (Å²) >= 11 is 3.27. The first-order valence-electron chi connectivity index (χ1n) is 6.93. The van der Waals surface area contributed by atoms with Gasteiger partial charge in [-0.2, -0.15) is 4.31 Å². The number of aliphatic hydroxyl groups is 1. The minimum atomic E-state index is -3.58. The van der Waals surface area contributed by atoms with E-state index in [-0.39, 0.29) is 17.4 Å². The van der Waals surface area contributed by atoms with Crippen LogP contribution in [-0.4, -0.2) is 49.6 Å². The summed E-state index contributed by atoms with van der Waals surface area (Å²) in [4.78, 5) is 4.29. The largest absolute Gasteiger partial charge is 0.396 e. The van der Waals surface area contributed by atoms with Crippen molar-refractivity contribution in [2.45, 2.75) is 24.2 Å². The van der Waals surface area contributed by atoms with Gasteiger partial charge in [0.2, 0.25) is 10.0 Å². The first kappa shape index (κ1) is 16.7. The molecule has 1 aromatic heterocycles. The zero-order valence-corrected chi connectivity index (χ0v) is 14.3. The second-order valence-electron chi connectivity index (χ2n) is 5.13. The third kappa shape index (κ3) is 3.74. The van der Waals surface area contributed by atoms with Gasteiger partial charge in [0.1, 0.15) is 10.7 Å². The molecular formula is C13H20BrN3O3S. The van der Waals surface area contributed by atoms with Gasteiger partial charge in [-0.1, -0.05) is 0 Å². The Bertz CT molecular complexity index is 592. The van der Waals surface area contributed by atoms with Crippen LogP contribution >= 0.6 is 15.9 Å². The van der Waals surface area contributed by atoms with Gasteiger partial charge >= 0.3 is 0 Å². The predicted octanol–water partition coefficient (Wildman–Crippen LogP) is 1.67.